The molecule has 0 fully saturated rings. The Morgan fingerprint density at radius 3 is 2.21 bits per heavy atom. The molecule has 0 atom stereocenters. The molecule has 1 aliphatic heterocycles. The molecule has 1 N–H and O–H groups in total. The third kappa shape index (κ3) is 3.26. The fourth-order valence-electron chi connectivity index (χ4n) is 2.58. The zero-order chi connectivity index (χ0) is 16.2. The van der Waals surface area contributed by atoms with Gasteiger partial charge in [-0.3, -0.25) is 0 Å². The van der Waals surface area contributed by atoms with Gasteiger partial charge in [-0.25, -0.2) is 4.99 Å². The fraction of sp³-hybridized carbons (Fsp3) is 0. The van der Waals surface area contributed by atoms with Crippen molar-refractivity contribution in [2.45, 2.75) is 0 Å². The molecule has 116 valence electrons. The van der Waals surface area contributed by atoms with E-state index in [0.717, 1.165) is 16.5 Å². The van der Waals surface area contributed by atoms with Gasteiger partial charge in [-0.15, -0.1) is 0 Å². The molecule has 4 rings (SSSR count). The Hall–Kier alpha value is -2.78. The highest BCUT2D eigenvalue weighted by Crippen LogP contribution is 2.41. The van der Waals surface area contributed by atoms with Gasteiger partial charge in [-0.1, -0.05) is 78.5 Å². The van der Waals surface area contributed by atoms with Gasteiger partial charge in [0.2, 0.25) is 0 Å². The predicted molar refractivity (Wildman–Crippen MR) is 106 cm³/mol. The number of nitrogens with zero attached hydrogens (tertiary/aromatic N) is 1. The van der Waals surface area contributed by atoms with Crippen LogP contribution in [0.2, 0.25) is 0 Å². The number of nitrogens with one attached hydrogen (secondary N) is 1. The van der Waals surface area contributed by atoms with Crippen LogP contribution in [0.4, 0.5) is 11.4 Å². The number of hydrogen-bond donors (Lipinski definition) is 1. The summed E-state index contributed by atoms with van der Waals surface area (Å²) in [7, 11) is 0. The third-order valence-electron chi connectivity index (χ3n) is 3.72. The smallest absolute Gasteiger partial charge is 0.171 e. The zero-order valence-electron chi connectivity index (χ0n) is 13.0. The summed E-state index contributed by atoms with van der Waals surface area (Å²) in [6.45, 7) is 0. The van der Waals surface area contributed by atoms with Gasteiger partial charge >= 0.3 is 0 Å². The number of para-hydroxylation sites is 2. The first-order valence-electron chi connectivity index (χ1n) is 7.83. The van der Waals surface area contributed by atoms with Crippen LogP contribution in [0.3, 0.4) is 0 Å². The molecule has 0 spiro atoms. The summed E-state index contributed by atoms with van der Waals surface area (Å²) >= 11 is 1.66. The number of rotatable bonds is 2. The molecule has 0 amide bonds. The Kier molecular flexibility index (Phi) is 4.17. The molecule has 0 saturated carbocycles. The summed E-state index contributed by atoms with van der Waals surface area (Å²) in [5, 5.41) is 4.30. The van der Waals surface area contributed by atoms with Gasteiger partial charge < -0.3 is 5.32 Å². The zero-order valence-corrected chi connectivity index (χ0v) is 13.8. The summed E-state index contributed by atoms with van der Waals surface area (Å²) in [5.41, 5.74) is 4.40. The van der Waals surface area contributed by atoms with Crippen molar-refractivity contribution in [1.29, 1.82) is 0 Å². The lowest BCUT2D eigenvalue weighted by Gasteiger charge is -2.19. The molecule has 3 heteroatoms. The second-order valence-electron chi connectivity index (χ2n) is 5.45. The van der Waals surface area contributed by atoms with Crippen molar-refractivity contribution in [1.82, 2.24) is 0 Å². The first-order chi connectivity index (χ1) is 11.9. The van der Waals surface area contributed by atoms with Crippen LogP contribution in [-0.2, 0) is 0 Å². The maximum atomic E-state index is 4.76. The van der Waals surface area contributed by atoms with E-state index >= 15 is 0 Å². The molecule has 0 saturated heterocycles. The minimum absolute atomic E-state index is 0.891. The molecule has 0 aromatic heterocycles. The van der Waals surface area contributed by atoms with Crippen LogP contribution < -0.4 is 5.32 Å². The van der Waals surface area contributed by atoms with Gasteiger partial charge in [0.15, 0.2) is 5.17 Å². The van der Waals surface area contributed by atoms with Gasteiger partial charge in [0.1, 0.15) is 0 Å². The molecule has 1 aliphatic rings. The maximum Gasteiger partial charge on any atom is 0.171 e. The Morgan fingerprint density at radius 1 is 0.750 bits per heavy atom. The molecular formula is C21H16N2S. The van der Waals surface area contributed by atoms with Crippen molar-refractivity contribution in [3.63, 3.8) is 0 Å². The summed E-state index contributed by atoms with van der Waals surface area (Å²) < 4.78 is 0. The first kappa shape index (κ1) is 14.8. The van der Waals surface area contributed by atoms with Gasteiger partial charge in [0.05, 0.1) is 5.69 Å². The Balaban J connectivity index is 1.72. The number of anilines is 1. The van der Waals surface area contributed by atoms with Crippen LogP contribution in [-0.4, -0.2) is 5.17 Å². The van der Waals surface area contributed by atoms with Crippen LogP contribution in [0.25, 0.3) is 11.0 Å². The number of hydrogen-bond acceptors (Lipinski definition) is 3. The molecule has 3 aromatic rings. The van der Waals surface area contributed by atoms with E-state index < -0.39 is 0 Å². The Labute approximate surface area is 146 Å². The second-order valence-corrected chi connectivity index (χ2v) is 6.48. The van der Waals surface area contributed by atoms with Gasteiger partial charge in [-0.05, 0) is 29.8 Å². The van der Waals surface area contributed by atoms with E-state index in [0.29, 0.717) is 0 Å². The van der Waals surface area contributed by atoms with Crippen LogP contribution in [0.5, 0.6) is 0 Å². The molecule has 0 aliphatic carbocycles. The second kappa shape index (κ2) is 6.77. The molecule has 24 heavy (non-hydrogen) atoms. The number of fused-ring (bicyclic) bond motifs is 1. The highest BCUT2D eigenvalue weighted by molar-refractivity contribution is 8.22. The molecule has 0 unspecified atom stereocenters. The summed E-state index contributed by atoms with van der Waals surface area (Å²) in [6, 6.07) is 28.8. The minimum atomic E-state index is 0.891. The van der Waals surface area contributed by atoms with E-state index in [4.69, 9.17) is 4.99 Å². The molecule has 1 heterocycles. The summed E-state index contributed by atoms with van der Waals surface area (Å²) in [6.07, 6.45) is 2.21. The number of thioether (sulfide) groups is 1. The van der Waals surface area contributed by atoms with E-state index in [1.165, 1.54) is 16.0 Å². The topological polar surface area (TPSA) is 24.4 Å². The lowest BCUT2D eigenvalue weighted by atomic mass is 10.1. The van der Waals surface area contributed by atoms with Crippen molar-refractivity contribution in [2.24, 2.45) is 4.99 Å². The van der Waals surface area contributed by atoms with E-state index in [-0.39, 0.29) is 0 Å². The lowest BCUT2D eigenvalue weighted by molar-refractivity contribution is 1.48. The fourth-order valence-corrected chi connectivity index (χ4v) is 3.58. The van der Waals surface area contributed by atoms with Gasteiger partial charge in [-0.2, -0.15) is 0 Å². The number of benzene rings is 3. The Morgan fingerprint density at radius 2 is 1.42 bits per heavy atom. The summed E-state index contributed by atoms with van der Waals surface area (Å²) in [5.74, 6) is 0. The number of aliphatic imine (C=N–C) groups is 1. The maximum absolute atomic E-state index is 4.76. The van der Waals surface area contributed by atoms with Crippen molar-refractivity contribution in [3.05, 3.63) is 96.1 Å². The van der Waals surface area contributed by atoms with E-state index in [2.05, 4.69) is 53.9 Å². The van der Waals surface area contributed by atoms with E-state index in [1.807, 2.05) is 42.5 Å². The highest BCUT2D eigenvalue weighted by atomic mass is 32.2. The summed E-state index contributed by atoms with van der Waals surface area (Å²) in [4.78, 5) is 5.96. The van der Waals surface area contributed by atoms with Gasteiger partial charge in [0.25, 0.3) is 0 Å². The SMILES string of the molecule is C(=C1\SC(Nc2ccccc2)=Nc2ccccc21)/c1ccccc1. The minimum Gasteiger partial charge on any atom is -0.334 e. The lowest BCUT2D eigenvalue weighted by Crippen LogP contribution is -2.10. The molecule has 3 aromatic carbocycles. The largest absolute Gasteiger partial charge is 0.334 e. The third-order valence-corrected chi connectivity index (χ3v) is 4.66. The average Bonchev–Trinajstić information content (AvgIpc) is 2.63. The van der Waals surface area contributed by atoms with E-state index in [1.54, 1.807) is 11.8 Å². The molecular weight excluding hydrogens is 312 g/mol. The van der Waals surface area contributed by atoms with Crippen molar-refractivity contribution in [2.75, 3.05) is 5.32 Å². The average molecular weight is 328 g/mol. The van der Waals surface area contributed by atoms with Crippen LogP contribution in [0, 0.1) is 0 Å². The van der Waals surface area contributed by atoms with Gasteiger partial charge in [0, 0.05) is 16.2 Å². The monoisotopic (exact) mass is 328 g/mol. The Bertz CT molecular complexity index is 899. The van der Waals surface area contributed by atoms with Crippen LogP contribution >= 0.6 is 11.8 Å². The predicted octanol–water partition coefficient (Wildman–Crippen LogP) is 6.03. The molecule has 2 nitrogen and oxygen atoms in total. The standard InChI is InChI=1S/C21H16N2S/c1-3-9-16(10-4-1)15-20-18-13-7-8-14-19(18)23-21(24-20)22-17-11-5-2-6-12-17/h1-15H,(H,22,23)/b20-15+. The van der Waals surface area contributed by atoms with E-state index in [9.17, 15) is 0 Å². The van der Waals surface area contributed by atoms with Crippen molar-refractivity contribution in [3.8, 4) is 0 Å². The quantitative estimate of drug-likeness (QED) is 0.621. The van der Waals surface area contributed by atoms with Crippen LogP contribution in [0.15, 0.2) is 89.9 Å². The van der Waals surface area contributed by atoms with Crippen molar-refractivity contribution < 1.29 is 0 Å². The number of amidine groups is 1. The normalized spacial score (nSPS) is 14.8. The molecule has 0 radical (unpaired) electrons. The van der Waals surface area contributed by atoms with Crippen molar-refractivity contribution >= 4 is 39.3 Å². The van der Waals surface area contributed by atoms with Crippen LogP contribution in [0.1, 0.15) is 11.1 Å². The first-order valence-corrected chi connectivity index (χ1v) is 8.65. The highest BCUT2D eigenvalue weighted by Gasteiger charge is 2.17. The molecule has 0 bridgehead atoms.